The molecule has 0 aromatic heterocycles. The second-order valence-electron chi connectivity index (χ2n) is 7.24. The van der Waals surface area contributed by atoms with Gasteiger partial charge in [-0.2, -0.15) is 0 Å². The highest BCUT2D eigenvalue weighted by atomic mass is 79.9. The molecule has 110 valence electrons. The van der Waals surface area contributed by atoms with Crippen LogP contribution in [-0.4, -0.2) is 6.04 Å². The predicted molar refractivity (Wildman–Crippen MR) is 80.7 cm³/mol. The Morgan fingerprint density at radius 1 is 1.20 bits per heavy atom. The average molecular weight is 344 g/mol. The summed E-state index contributed by atoms with van der Waals surface area (Å²) in [7, 11) is 0. The van der Waals surface area contributed by atoms with Crippen LogP contribution >= 0.6 is 15.9 Å². The van der Waals surface area contributed by atoms with Crippen LogP contribution in [0.25, 0.3) is 0 Å². The van der Waals surface area contributed by atoms with Crippen molar-refractivity contribution in [3.63, 3.8) is 0 Å². The minimum Gasteiger partial charge on any atom is -0.376 e. The lowest BCUT2D eigenvalue weighted by molar-refractivity contribution is 0.155. The summed E-state index contributed by atoms with van der Waals surface area (Å²) in [5.41, 5.74) is 0.221. The first kappa shape index (κ1) is 14.3. The molecule has 2 fully saturated rings. The Labute approximate surface area is 127 Å². The van der Waals surface area contributed by atoms with E-state index in [-0.39, 0.29) is 22.6 Å². The fourth-order valence-corrected chi connectivity index (χ4v) is 4.89. The maximum atomic E-state index is 14.1. The highest BCUT2D eigenvalue weighted by Crippen LogP contribution is 2.63. The van der Waals surface area contributed by atoms with Crippen molar-refractivity contribution in [1.29, 1.82) is 0 Å². The zero-order chi connectivity index (χ0) is 14.7. The molecule has 0 heterocycles. The number of benzene rings is 1. The van der Waals surface area contributed by atoms with Gasteiger partial charge >= 0.3 is 0 Å². The van der Waals surface area contributed by atoms with E-state index in [9.17, 15) is 8.78 Å². The van der Waals surface area contributed by atoms with Crippen LogP contribution in [0.3, 0.4) is 0 Å². The van der Waals surface area contributed by atoms with E-state index >= 15 is 0 Å². The molecule has 0 aliphatic heterocycles. The summed E-state index contributed by atoms with van der Waals surface area (Å²) in [6.07, 6.45) is 3.52. The van der Waals surface area contributed by atoms with Gasteiger partial charge in [0.15, 0.2) is 0 Å². The van der Waals surface area contributed by atoms with Crippen molar-refractivity contribution in [3.8, 4) is 0 Å². The molecule has 2 aliphatic rings. The maximum Gasteiger partial charge on any atom is 0.150 e. The summed E-state index contributed by atoms with van der Waals surface area (Å²) in [4.78, 5) is 0. The van der Waals surface area contributed by atoms with Crippen molar-refractivity contribution in [2.24, 2.45) is 16.7 Å². The van der Waals surface area contributed by atoms with Gasteiger partial charge in [0.05, 0.1) is 0 Å². The Morgan fingerprint density at radius 2 is 1.80 bits per heavy atom. The lowest BCUT2D eigenvalue weighted by Gasteiger charge is -2.43. The topological polar surface area (TPSA) is 12.0 Å². The number of halogens is 3. The van der Waals surface area contributed by atoms with Crippen LogP contribution in [-0.2, 0) is 0 Å². The summed E-state index contributed by atoms with van der Waals surface area (Å²) >= 11 is 3.12. The molecule has 3 atom stereocenters. The summed E-state index contributed by atoms with van der Waals surface area (Å²) in [5.74, 6) is -0.412. The number of fused-ring (bicyclic) bond motifs is 2. The van der Waals surface area contributed by atoms with Crippen molar-refractivity contribution in [2.45, 2.75) is 46.1 Å². The minimum atomic E-state index is -0.529. The average Bonchev–Trinajstić information content (AvgIpc) is 2.77. The fourth-order valence-electron chi connectivity index (χ4n) is 4.49. The predicted octanol–water partition coefficient (Wildman–Crippen LogP) is 5.35. The summed E-state index contributed by atoms with van der Waals surface area (Å²) in [6, 6.07) is 2.74. The normalized spacial score (nSPS) is 34.5. The van der Waals surface area contributed by atoms with Gasteiger partial charge in [0.25, 0.3) is 0 Å². The molecule has 4 heteroatoms. The van der Waals surface area contributed by atoms with Crippen molar-refractivity contribution in [1.82, 2.24) is 0 Å². The summed E-state index contributed by atoms with van der Waals surface area (Å²) in [6.45, 7) is 6.68. The monoisotopic (exact) mass is 343 g/mol. The van der Waals surface area contributed by atoms with Gasteiger partial charge in [0.2, 0.25) is 0 Å². The molecular weight excluding hydrogens is 324 g/mol. The molecule has 1 aromatic rings. The van der Waals surface area contributed by atoms with E-state index in [1.807, 2.05) is 0 Å². The third kappa shape index (κ3) is 1.99. The standard InChI is InChI=1S/C16H20BrF2N/c1-15(2)9-4-5-16(3,8-9)14(15)20-13-11(18)6-10(17)7-12(13)19/h6-7,9,14,20H,4-5,8H2,1-3H3. The number of nitrogens with one attached hydrogen (secondary N) is 1. The number of anilines is 1. The van der Waals surface area contributed by atoms with E-state index < -0.39 is 11.6 Å². The first-order chi connectivity index (χ1) is 9.24. The third-order valence-electron chi connectivity index (χ3n) is 5.57. The Hall–Kier alpha value is -0.640. The second kappa shape index (κ2) is 4.43. The Kier molecular flexibility index (Phi) is 3.16. The highest BCUT2D eigenvalue weighted by molar-refractivity contribution is 9.10. The van der Waals surface area contributed by atoms with Gasteiger partial charge in [0, 0.05) is 10.5 Å². The molecule has 0 amide bonds. The molecule has 20 heavy (non-hydrogen) atoms. The van der Waals surface area contributed by atoms with Crippen molar-refractivity contribution in [2.75, 3.05) is 5.32 Å². The molecule has 0 radical (unpaired) electrons. The summed E-state index contributed by atoms with van der Waals surface area (Å²) < 4.78 is 28.5. The largest absolute Gasteiger partial charge is 0.376 e. The number of hydrogen-bond acceptors (Lipinski definition) is 1. The molecule has 2 saturated carbocycles. The molecule has 1 aromatic carbocycles. The number of rotatable bonds is 2. The molecular formula is C16H20BrF2N. The molecule has 0 spiro atoms. The molecule has 3 rings (SSSR count). The van der Waals surface area contributed by atoms with Gasteiger partial charge in [-0.3, -0.25) is 0 Å². The number of hydrogen-bond donors (Lipinski definition) is 1. The van der Waals surface area contributed by atoms with E-state index in [4.69, 9.17) is 0 Å². The van der Waals surface area contributed by atoms with Crippen LogP contribution in [0.5, 0.6) is 0 Å². The van der Waals surface area contributed by atoms with Gasteiger partial charge in [-0.15, -0.1) is 0 Å². The Bertz CT molecular complexity index is 530. The van der Waals surface area contributed by atoms with Crippen molar-refractivity contribution in [3.05, 3.63) is 28.2 Å². The summed E-state index contributed by atoms with van der Waals surface area (Å²) in [5, 5.41) is 3.20. The quantitative estimate of drug-likeness (QED) is 0.762. The van der Waals surface area contributed by atoms with Gasteiger partial charge < -0.3 is 5.32 Å². The van der Waals surface area contributed by atoms with Crippen LogP contribution in [0.2, 0.25) is 0 Å². The first-order valence-corrected chi connectivity index (χ1v) is 7.94. The van der Waals surface area contributed by atoms with Crippen LogP contribution in [0.1, 0.15) is 40.0 Å². The molecule has 3 unspecified atom stereocenters. The van der Waals surface area contributed by atoms with Crippen LogP contribution < -0.4 is 5.32 Å². The molecule has 2 aliphatic carbocycles. The molecule has 1 nitrogen and oxygen atoms in total. The van der Waals surface area contributed by atoms with E-state index in [0.717, 1.165) is 12.8 Å². The van der Waals surface area contributed by atoms with Crippen molar-refractivity contribution < 1.29 is 8.78 Å². The van der Waals surface area contributed by atoms with Gasteiger partial charge in [-0.05, 0) is 48.1 Å². The fraction of sp³-hybridized carbons (Fsp3) is 0.625. The van der Waals surface area contributed by atoms with Gasteiger partial charge in [-0.1, -0.05) is 36.7 Å². The second-order valence-corrected chi connectivity index (χ2v) is 8.15. The molecule has 0 saturated heterocycles. The Morgan fingerprint density at radius 3 is 2.30 bits per heavy atom. The highest BCUT2D eigenvalue weighted by Gasteiger charge is 2.59. The van der Waals surface area contributed by atoms with E-state index in [1.54, 1.807) is 0 Å². The van der Waals surface area contributed by atoms with E-state index in [2.05, 4.69) is 42.0 Å². The lowest BCUT2D eigenvalue weighted by Crippen LogP contribution is -2.46. The van der Waals surface area contributed by atoms with Gasteiger partial charge in [0.1, 0.15) is 17.3 Å². The zero-order valence-electron chi connectivity index (χ0n) is 12.1. The van der Waals surface area contributed by atoms with Crippen LogP contribution in [0.15, 0.2) is 16.6 Å². The molecule has 1 N–H and O–H groups in total. The smallest absolute Gasteiger partial charge is 0.150 e. The Balaban J connectivity index is 1.96. The molecule has 2 bridgehead atoms. The van der Waals surface area contributed by atoms with Crippen LogP contribution in [0, 0.1) is 28.4 Å². The minimum absolute atomic E-state index is 0.0139. The van der Waals surface area contributed by atoms with Crippen LogP contribution in [0.4, 0.5) is 14.5 Å². The van der Waals surface area contributed by atoms with Crippen molar-refractivity contribution >= 4 is 21.6 Å². The van der Waals surface area contributed by atoms with E-state index in [1.165, 1.54) is 18.6 Å². The van der Waals surface area contributed by atoms with E-state index in [0.29, 0.717) is 10.4 Å². The lowest BCUT2D eigenvalue weighted by atomic mass is 9.68. The van der Waals surface area contributed by atoms with Gasteiger partial charge in [-0.25, -0.2) is 8.78 Å². The SMILES string of the molecule is CC12CCC(C1)C(C)(C)C2Nc1c(F)cc(Br)cc1F. The third-order valence-corrected chi connectivity index (χ3v) is 6.02. The zero-order valence-corrected chi connectivity index (χ0v) is 13.7. The first-order valence-electron chi connectivity index (χ1n) is 7.15. The maximum absolute atomic E-state index is 14.1.